The summed E-state index contributed by atoms with van der Waals surface area (Å²) in [5.74, 6) is 0.0714. The highest BCUT2D eigenvalue weighted by atomic mass is 32.2. The number of benzene rings is 3. The molecule has 3 rings (SSSR count). The molecule has 0 heterocycles. The Balaban J connectivity index is 1.73. The normalized spacial score (nSPS) is 12.1. The molecule has 8 heteroatoms. The number of rotatable bonds is 8. The van der Waals surface area contributed by atoms with Gasteiger partial charge >= 0.3 is 0 Å². The van der Waals surface area contributed by atoms with Crippen molar-refractivity contribution in [3.63, 3.8) is 0 Å². The van der Waals surface area contributed by atoms with Gasteiger partial charge in [0.15, 0.2) is 0 Å². The molecule has 1 amide bonds. The Hall–Kier alpha value is -3.39. The maximum absolute atomic E-state index is 13.2. The average molecular weight is 457 g/mol. The molecular weight excluding hydrogens is 431 g/mol. The van der Waals surface area contributed by atoms with Crippen molar-refractivity contribution < 1.29 is 22.3 Å². The van der Waals surface area contributed by atoms with Crippen LogP contribution in [0.4, 0.5) is 10.1 Å². The Morgan fingerprint density at radius 3 is 2.12 bits per heavy atom. The Labute approximate surface area is 187 Å². The smallest absolute Gasteiger partial charge is 0.251 e. The molecule has 0 fully saturated rings. The predicted molar refractivity (Wildman–Crippen MR) is 123 cm³/mol. The van der Waals surface area contributed by atoms with Gasteiger partial charge in [-0.1, -0.05) is 24.3 Å². The second kappa shape index (κ2) is 9.82. The summed E-state index contributed by atoms with van der Waals surface area (Å²) in [6.45, 7) is 1.93. The molecule has 0 unspecified atom stereocenters. The summed E-state index contributed by atoms with van der Waals surface area (Å²) in [6.07, 6.45) is 1.10. The third-order valence-corrected chi connectivity index (χ3v) is 6.16. The first kappa shape index (κ1) is 23.3. The minimum atomic E-state index is -3.59. The SMILES string of the molecule is COc1ccc([C@@H](C)NC(=O)c2ccc(N(Cc3ccc(F)cc3)S(C)(=O)=O)cc2)cc1. The molecule has 3 aromatic rings. The molecule has 3 aromatic carbocycles. The van der Waals surface area contributed by atoms with Crippen LogP contribution in [0.2, 0.25) is 0 Å². The van der Waals surface area contributed by atoms with Crippen molar-refractivity contribution in [2.75, 3.05) is 17.7 Å². The highest BCUT2D eigenvalue weighted by molar-refractivity contribution is 7.92. The van der Waals surface area contributed by atoms with Crippen molar-refractivity contribution in [2.45, 2.75) is 19.5 Å². The van der Waals surface area contributed by atoms with Crippen LogP contribution in [0.25, 0.3) is 0 Å². The lowest BCUT2D eigenvalue weighted by molar-refractivity contribution is 0.0940. The van der Waals surface area contributed by atoms with Crippen molar-refractivity contribution in [1.82, 2.24) is 5.32 Å². The number of ether oxygens (including phenoxy) is 1. The molecule has 0 spiro atoms. The zero-order chi connectivity index (χ0) is 23.3. The first-order chi connectivity index (χ1) is 15.2. The number of hydrogen-bond acceptors (Lipinski definition) is 4. The van der Waals surface area contributed by atoms with Gasteiger partial charge in [0.25, 0.3) is 5.91 Å². The molecule has 168 valence electrons. The van der Waals surface area contributed by atoms with E-state index in [0.717, 1.165) is 17.6 Å². The van der Waals surface area contributed by atoms with Gasteiger partial charge in [-0.2, -0.15) is 0 Å². The van der Waals surface area contributed by atoms with E-state index in [4.69, 9.17) is 4.74 Å². The molecule has 6 nitrogen and oxygen atoms in total. The van der Waals surface area contributed by atoms with Crippen LogP contribution in [-0.2, 0) is 16.6 Å². The predicted octanol–water partition coefficient (Wildman–Crippen LogP) is 4.29. The minimum absolute atomic E-state index is 0.0547. The first-order valence-electron chi connectivity index (χ1n) is 9.94. The van der Waals surface area contributed by atoms with E-state index in [2.05, 4.69) is 5.32 Å². The van der Waals surface area contributed by atoms with Crippen LogP contribution in [0.5, 0.6) is 5.75 Å². The van der Waals surface area contributed by atoms with E-state index in [9.17, 15) is 17.6 Å². The molecule has 0 saturated carbocycles. The van der Waals surface area contributed by atoms with Crippen molar-refractivity contribution in [1.29, 1.82) is 0 Å². The van der Waals surface area contributed by atoms with Gasteiger partial charge in [0.05, 0.1) is 31.6 Å². The Bertz CT molecular complexity index is 1160. The summed E-state index contributed by atoms with van der Waals surface area (Å²) in [7, 11) is -2.00. The van der Waals surface area contributed by atoms with Gasteiger partial charge in [0.2, 0.25) is 10.0 Å². The van der Waals surface area contributed by atoms with Crippen LogP contribution in [0.15, 0.2) is 72.8 Å². The highest BCUT2D eigenvalue weighted by Crippen LogP contribution is 2.22. The molecule has 0 aliphatic rings. The standard InChI is InChI=1S/C24H25FN2O4S/c1-17(19-8-14-23(31-2)15-9-19)26-24(28)20-6-12-22(13-7-20)27(32(3,29)30)16-18-4-10-21(25)11-5-18/h4-15,17H,16H2,1-3H3,(H,26,28)/t17-/m1/s1. The number of nitrogens with zero attached hydrogens (tertiary/aromatic N) is 1. The van der Waals surface area contributed by atoms with Crippen LogP contribution in [0, 0.1) is 5.82 Å². The largest absolute Gasteiger partial charge is 0.497 e. The Morgan fingerprint density at radius 1 is 1.00 bits per heavy atom. The van der Waals surface area contributed by atoms with Crippen LogP contribution < -0.4 is 14.4 Å². The second-order valence-electron chi connectivity index (χ2n) is 7.41. The number of carbonyl (C=O) groups excluding carboxylic acids is 1. The summed E-state index contributed by atoms with van der Waals surface area (Å²) < 4.78 is 44.2. The molecule has 0 saturated heterocycles. The van der Waals surface area contributed by atoms with Gasteiger partial charge < -0.3 is 10.1 Å². The zero-order valence-corrected chi connectivity index (χ0v) is 18.9. The second-order valence-corrected chi connectivity index (χ2v) is 9.32. The zero-order valence-electron chi connectivity index (χ0n) is 18.1. The van der Waals surface area contributed by atoms with Gasteiger partial charge in [-0.3, -0.25) is 9.10 Å². The lowest BCUT2D eigenvalue weighted by Gasteiger charge is -2.23. The van der Waals surface area contributed by atoms with E-state index in [-0.39, 0.29) is 24.3 Å². The molecule has 0 bridgehead atoms. The van der Waals surface area contributed by atoms with Gasteiger partial charge in [-0.05, 0) is 66.6 Å². The molecule has 1 N–H and O–H groups in total. The van der Waals surface area contributed by atoms with Crippen LogP contribution >= 0.6 is 0 Å². The fourth-order valence-electron chi connectivity index (χ4n) is 3.19. The Kier molecular flexibility index (Phi) is 7.15. The van der Waals surface area contributed by atoms with Gasteiger partial charge in [-0.25, -0.2) is 12.8 Å². The molecule has 0 aliphatic heterocycles. The lowest BCUT2D eigenvalue weighted by atomic mass is 10.1. The summed E-state index contributed by atoms with van der Waals surface area (Å²) in [5, 5.41) is 2.93. The first-order valence-corrected chi connectivity index (χ1v) is 11.8. The Morgan fingerprint density at radius 2 is 1.59 bits per heavy atom. The number of hydrogen-bond donors (Lipinski definition) is 1. The maximum Gasteiger partial charge on any atom is 0.251 e. The van der Waals surface area contributed by atoms with E-state index in [0.29, 0.717) is 16.8 Å². The number of carbonyl (C=O) groups is 1. The van der Waals surface area contributed by atoms with Crippen molar-refractivity contribution in [3.8, 4) is 5.75 Å². The number of halogens is 1. The number of anilines is 1. The molecular formula is C24H25FN2O4S. The number of sulfonamides is 1. The van der Waals surface area contributed by atoms with Crippen molar-refractivity contribution in [3.05, 3.63) is 95.3 Å². The van der Waals surface area contributed by atoms with E-state index in [1.165, 1.54) is 28.6 Å². The molecule has 0 aliphatic carbocycles. The number of amides is 1. The summed E-state index contributed by atoms with van der Waals surface area (Å²) in [6, 6.07) is 19.2. The monoisotopic (exact) mass is 456 g/mol. The molecule has 1 atom stereocenters. The van der Waals surface area contributed by atoms with E-state index >= 15 is 0 Å². The lowest BCUT2D eigenvalue weighted by Crippen LogP contribution is -2.29. The number of nitrogens with one attached hydrogen (secondary N) is 1. The van der Waals surface area contributed by atoms with Crippen LogP contribution in [-0.4, -0.2) is 27.7 Å². The van der Waals surface area contributed by atoms with Gasteiger partial charge in [0, 0.05) is 5.56 Å². The number of methoxy groups -OCH3 is 1. The topological polar surface area (TPSA) is 75.7 Å². The van der Waals surface area contributed by atoms with E-state index < -0.39 is 10.0 Å². The van der Waals surface area contributed by atoms with Crippen LogP contribution in [0.3, 0.4) is 0 Å². The highest BCUT2D eigenvalue weighted by Gasteiger charge is 2.19. The fraction of sp³-hybridized carbons (Fsp3) is 0.208. The van der Waals surface area contributed by atoms with Gasteiger partial charge in [-0.15, -0.1) is 0 Å². The maximum atomic E-state index is 13.2. The fourth-order valence-corrected chi connectivity index (χ4v) is 4.08. The summed E-state index contributed by atoms with van der Waals surface area (Å²) in [4.78, 5) is 12.6. The van der Waals surface area contributed by atoms with Crippen molar-refractivity contribution in [2.24, 2.45) is 0 Å². The van der Waals surface area contributed by atoms with Crippen molar-refractivity contribution >= 4 is 21.6 Å². The summed E-state index contributed by atoms with van der Waals surface area (Å²) in [5.41, 5.74) is 2.39. The molecule has 0 radical (unpaired) electrons. The third-order valence-electron chi connectivity index (χ3n) is 5.02. The van der Waals surface area contributed by atoms with Crippen LogP contribution in [0.1, 0.15) is 34.5 Å². The third kappa shape index (κ3) is 5.85. The average Bonchev–Trinajstić information content (AvgIpc) is 2.78. The van der Waals surface area contributed by atoms with E-state index in [1.807, 2.05) is 31.2 Å². The molecule has 0 aromatic heterocycles. The van der Waals surface area contributed by atoms with E-state index in [1.54, 1.807) is 31.4 Å². The summed E-state index contributed by atoms with van der Waals surface area (Å²) >= 11 is 0. The van der Waals surface area contributed by atoms with Gasteiger partial charge in [0.1, 0.15) is 11.6 Å². The minimum Gasteiger partial charge on any atom is -0.497 e. The molecule has 32 heavy (non-hydrogen) atoms. The quantitative estimate of drug-likeness (QED) is 0.549.